The fraction of sp³-hybridized carbons (Fsp3) is 0. The summed E-state index contributed by atoms with van der Waals surface area (Å²) in [6, 6.07) is 49.8. The second kappa shape index (κ2) is 8.95. The third-order valence-corrected chi connectivity index (χ3v) is 7.48. The van der Waals surface area contributed by atoms with Crippen molar-refractivity contribution in [2.45, 2.75) is 0 Å². The highest BCUT2D eigenvalue weighted by Gasteiger charge is 2.17. The number of halogens is 1. The second-order valence-electron chi connectivity index (χ2n) is 9.24. The summed E-state index contributed by atoms with van der Waals surface area (Å²) in [7, 11) is 0. The first-order valence-corrected chi connectivity index (χ1v) is 13.2. The van der Waals surface area contributed by atoms with Gasteiger partial charge in [0.15, 0.2) is 0 Å². The summed E-state index contributed by atoms with van der Waals surface area (Å²) >= 11 is 3.68. The third kappa shape index (κ3) is 3.80. The van der Waals surface area contributed by atoms with E-state index in [2.05, 4.69) is 165 Å². The summed E-state index contributed by atoms with van der Waals surface area (Å²) in [5, 5.41) is 4.93. The number of hydrogen-bond acceptors (Lipinski definition) is 1. The normalized spacial score (nSPS) is 11.4. The smallest absolute Gasteiger partial charge is 0.0561 e. The summed E-state index contributed by atoms with van der Waals surface area (Å²) in [6.07, 6.45) is 0. The number of para-hydroxylation sites is 2. The molecule has 0 N–H and O–H groups in total. The Kier molecular flexibility index (Phi) is 5.30. The van der Waals surface area contributed by atoms with E-state index in [1.54, 1.807) is 0 Å². The Labute approximate surface area is 224 Å². The molecule has 37 heavy (non-hydrogen) atoms. The molecule has 7 aromatic rings. The van der Waals surface area contributed by atoms with E-state index in [9.17, 15) is 0 Å². The van der Waals surface area contributed by atoms with Gasteiger partial charge >= 0.3 is 0 Å². The SMILES string of the molecule is Brc1ccc2c(c1)c1ccc(N(c3ccccc3)c3ccc4ccccc4c3)cc1n2-c1ccccc1. The van der Waals surface area contributed by atoms with Gasteiger partial charge in [-0.25, -0.2) is 0 Å². The molecule has 6 aromatic carbocycles. The lowest BCUT2D eigenvalue weighted by molar-refractivity contribution is 1.18. The number of rotatable bonds is 4. The quantitative estimate of drug-likeness (QED) is 0.216. The van der Waals surface area contributed by atoms with E-state index in [0.717, 1.165) is 27.2 Å². The van der Waals surface area contributed by atoms with E-state index >= 15 is 0 Å². The lowest BCUT2D eigenvalue weighted by Gasteiger charge is -2.26. The van der Waals surface area contributed by atoms with Gasteiger partial charge < -0.3 is 9.47 Å². The largest absolute Gasteiger partial charge is 0.310 e. The lowest BCUT2D eigenvalue weighted by atomic mass is 10.1. The van der Waals surface area contributed by atoms with Crippen LogP contribution < -0.4 is 4.90 Å². The topological polar surface area (TPSA) is 8.17 Å². The Morgan fingerprint density at radius 3 is 1.95 bits per heavy atom. The molecule has 0 spiro atoms. The maximum absolute atomic E-state index is 3.68. The molecule has 2 nitrogen and oxygen atoms in total. The van der Waals surface area contributed by atoms with Crippen molar-refractivity contribution in [1.29, 1.82) is 0 Å². The monoisotopic (exact) mass is 538 g/mol. The Hall–Kier alpha value is -4.34. The number of anilines is 3. The van der Waals surface area contributed by atoms with Gasteiger partial charge in [0.2, 0.25) is 0 Å². The number of nitrogens with zero attached hydrogens (tertiary/aromatic N) is 2. The highest BCUT2D eigenvalue weighted by Crippen LogP contribution is 2.40. The van der Waals surface area contributed by atoms with Gasteiger partial charge in [-0.05, 0) is 77.5 Å². The zero-order valence-electron chi connectivity index (χ0n) is 20.1. The summed E-state index contributed by atoms with van der Waals surface area (Å²) in [4.78, 5) is 2.34. The van der Waals surface area contributed by atoms with Crippen LogP contribution in [0.3, 0.4) is 0 Å². The molecule has 0 saturated heterocycles. The zero-order chi connectivity index (χ0) is 24.8. The summed E-state index contributed by atoms with van der Waals surface area (Å²) in [6.45, 7) is 0. The molecule has 1 heterocycles. The Morgan fingerprint density at radius 2 is 1.14 bits per heavy atom. The van der Waals surface area contributed by atoms with Crippen molar-refractivity contribution >= 4 is 65.6 Å². The number of benzene rings is 6. The molecule has 0 amide bonds. The van der Waals surface area contributed by atoms with Crippen molar-refractivity contribution in [2.24, 2.45) is 0 Å². The first kappa shape index (κ1) is 21.9. The fourth-order valence-corrected chi connectivity index (χ4v) is 5.68. The van der Waals surface area contributed by atoms with Crippen molar-refractivity contribution in [3.05, 3.63) is 144 Å². The maximum atomic E-state index is 3.68. The molecule has 0 aliphatic carbocycles. The van der Waals surface area contributed by atoms with Gasteiger partial charge in [-0.2, -0.15) is 0 Å². The van der Waals surface area contributed by atoms with E-state index in [1.807, 2.05) is 0 Å². The lowest BCUT2D eigenvalue weighted by Crippen LogP contribution is -2.10. The minimum atomic E-state index is 1.08. The van der Waals surface area contributed by atoms with Gasteiger partial charge in [-0.3, -0.25) is 0 Å². The fourth-order valence-electron chi connectivity index (χ4n) is 5.32. The molecule has 7 rings (SSSR count). The van der Waals surface area contributed by atoms with Gasteiger partial charge in [0.1, 0.15) is 0 Å². The van der Waals surface area contributed by atoms with Crippen molar-refractivity contribution in [3.8, 4) is 5.69 Å². The van der Waals surface area contributed by atoms with Gasteiger partial charge in [-0.1, -0.05) is 88.7 Å². The van der Waals surface area contributed by atoms with Crippen LogP contribution in [-0.4, -0.2) is 4.57 Å². The molecule has 176 valence electrons. The number of fused-ring (bicyclic) bond motifs is 4. The number of hydrogen-bond donors (Lipinski definition) is 0. The second-order valence-corrected chi connectivity index (χ2v) is 10.2. The van der Waals surface area contributed by atoms with Crippen LogP contribution in [0.25, 0.3) is 38.3 Å². The predicted octanol–water partition coefficient (Wildman–Crippen LogP) is 10.2. The zero-order valence-corrected chi connectivity index (χ0v) is 21.6. The molecule has 0 fully saturated rings. The average molecular weight is 539 g/mol. The average Bonchev–Trinajstić information content (AvgIpc) is 3.27. The van der Waals surface area contributed by atoms with E-state index < -0.39 is 0 Å². The number of aromatic nitrogens is 1. The molecular weight excluding hydrogens is 516 g/mol. The molecule has 0 unspecified atom stereocenters. The van der Waals surface area contributed by atoms with E-state index in [4.69, 9.17) is 0 Å². The first-order valence-electron chi connectivity index (χ1n) is 12.4. The maximum Gasteiger partial charge on any atom is 0.0561 e. The molecule has 0 radical (unpaired) electrons. The van der Waals surface area contributed by atoms with E-state index in [1.165, 1.54) is 32.6 Å². The van der Waals surface area contributed by atoms with E-state index in [-0.39, 0.29) is 0 Å². The Bertz CT molecular complexity index is 1890. The van der Waals surface area contributed by atoms with Crippen LogP contribution in [0.5, 0.6) is 0 Å². The van der Waals surface area contributed by atoms with Crippen LogP contribution in [0, 0.1) is 0 Å². The van der Waals surface area contributed by atoms with Crippen LogP contribution in [0.1, 0.15) is 0 Å². The third-order valence-electron chi connectivity index (χ3n) is 6.99. The van der Waals surface area contributed by atoms with Crippen molar-refractivity contribution in [2.75, 3.05) is 4.90 Å². The Balaban J connectivity index is 1.51. The minimum Gasteiger partial charge on any atom is -0.310 e. The van der Waals surface area contributed by atoms with Crippen LogP contribution in [0.15, 0.2) is 144 Å². The minimum absolute atomic E-state index is 1.08. The molecule has 0 bridgehead atoms. The molecular formula is C34H23BrN2. The van der Waals surface area contributed by atoms with Crippen LogP contribution >= 0.6 is 15.9 Å². The first-order chi connectivity index (χ1) is 18.3. The summed E-state index contributed by atoms with van der Waals surface area (Å²) in [5.41, 5.74) is 6.90. The standard InChI is InChI=1S/C34H23BrN2/c35-26-16-20-33-32(22-26)31-19-18-30(23-34(31)37(33)28-13-5-2-6-14-28)36(27-11-3-1-4-12-27)29-17-15-24-9-7-8-10-25(24)21-29/h1-23H. The predicted molar refractivity (Wildman–Crippen MR) is 161 cm³/mol. The van der Waals surface area contributed by atoms with Crippen molar-refractivity contribution in [1.82, 2.24) is 4.57 Å². The van der Waals surface area contributed by atoms with Crippen molar-refractivity contribution < 1.29 is 0 Å². The van der Waals surface area contributed by atoms with Gasteiger partial charge in [-0.15, -0.1) is 0 Å². The summed E-state index contributed by atoms with van der Waals surface area (Å²) < 4.78 is 3.45. The van der Waals surface area contributed by atoms with Crippen LogP contribution in [0.4, 0.5) is 17.1 Å². The highest BCUT2D eigenvalue weighted by molar-refractivity contribution is 9.10. The van der Waals surface area contributed by atoms with Gasteiger partial charge in [0.25, 0.3) is 0 Å². The molecule has 0 aliphatic rings. The Morgan fingerprint density at radius 1 is 0.459 bits per heavy atom. The molecule has 3 heteroatoms. The van der Waals surface area contributed by atoms with E-state index in [0.29, 0.717) is 0 Å². The molecule has 0 saturated carbocycles. The van der Waals surface area contributed by atoms with Crippen LogP contribution in [0.2, 0.25) is 0 Å². The van der Waals surface area contributed by atoms with Crippen molar-refractivity contribution in [3.63, 3.8) is 0 Å². The van der Waals surface area contributed by atoms with Gasteiger partial charge in [0.05, 0.1) is 11.0 Å². The summed E-state index contributed by atoms with van der Waals surface area (Å²) in [5.74, 6) is 0. The van der Waals surface area contributed by atoms with Crippen LogP contribution in [-0.2, 0) is 0 Å². The molecule has 0 aliphatic heterocycles. The highest BCUT2D eigenvalue weighted by atomic mass is 79.9. The molecule has 0 atom stereocenters. The van der Waals surface area contributed by atoms with Gasteiger partial charge in [0, 0.05) is 38.0 Å². The molecule has 1 aromatic heterocycles.